The number of rotatable bonds is 11. The number of anilines is 2. The third kappa shape index (κ3) is 9.04. The summed E-state index contributed by atoms with van der Waals surface area (Å²) in [5.41, 5.74) is 1.19. The molecule has 1 amide bonds. The van der Waals surface area contributed by atoms with Crippen LogP contribution in [0.5, 0.6) is 5.75 Å². The first kappa shape index (κ1) is 23.9. The molecule has 10 nitrogen and oxygen atoms in total. The Balaban J connectivity index is 2.93. The molecule has 1 aromatic rings. The van der Waals surface area contributed by atoms with Crippen LogP contribution in [0.1, 0.15) is 20.8 Å². The average molecular weight is 412 g/mol. The fraction of sp³-hybridized carbons (Fsp3) is 0.526. The molecule has 1 rings (SSSR count). The van der Waals surface area contributed by atoms with Gasteiger partial charge in [-0.2, -0.15) is 0 Å². The van der Waals surface area contributed by atoms with Crippen LogP contribution < -0.4 is 15.0 Å². The van der Waals surface area contributed by atoms with Crippen molar-refractivity contribution in [3.8, 4) is 5.75 Å². The standard InChI is InChI=1S/C19H28N2O8/c1-5-26-18(23)28-11-9-21(10-12-29-19(24)27-6-2)16-13-15(20-14(3)22)7-8-17(16)25-4/h7-8,13H,5-6,9-12H2,1-4H3,(H,20,22). The van der Waals surface area contributed by atoms with Crippen LogP contribution in [0.25, 0.3) is 0 Å². The quantitative estimate of drug-likeness (QED) is 0.548. The van der Waals surface area contributed by atoms with Gasteiger partial charge in [0.25, 0.3) is 0 Å². The molecule has 0 saturated heterocycles. The monoisotopic (exact) mass is 412 g/mol. The molecule has 162 valence electrons. The minimum Gasteiger partial charge on any atom is -0.495 e. The Labute approximate surface area is 170 Å². The third-order valence-corrected chi connectivity index (χ3v) is 3.53. The van der Waals surface area contributed by atoms with Gasteiger partial charge in [0.15, 0.2) is 0 Å². The molecule has 0 spiro atoms. The Kier molecular flexibility index (Phi) is 10.8. The number of carbonyl (C=O) groups is 3. The fourth-order valence-corrected chi connectivity index (χ4v) is 2.37. The van der Waals surface area contributed by atoms with Gasteiger partial charge < -0.3 is 33.9 Å². The van der Waals surface area contributed by atoms with Crippen LogP contribution in [0.3, 0.4) is 0 Å². The lowest BCUT2D eigenvalue weighted by Gasteiger charge is -2.26. The molecule has 0 unspecified atom stereocenters. The lowest BCUT2D eigenvalue weighted by molar-refractivity contribution is -0.114. The number of hydrogen-bond acceptors (Lipinski definition) is 9. The Hall–Kier alpha value is -3.17. The molecule has 0 aliphatic carbocycles. The van der Waals surface area contributed by atoms with Crippen LogP contribution in [0.4, 0.5) is 21.0 Å². The van der Waals surface area contributed by atoms with E-state index in [1.54, 1.807) is 36.9 Å². The Bertz CT molecular complexity index is 656. The van der Waals surface area contributed by atoms with Crippen LogP contribution in [0.2, 0.25) is 0 Å². The number of amides is 1. The van der Waals surface area contributed by atoms with Gasteiger partial charge in [-0.25, -0.2) is 9.59 Å². The van der Waals surface area contributed by atoms with Crippen LogP contribution in [0, 0.1) is 0 Å². The zero-order chi connectivity index (χ0) is 21.6. The Morgan fingerprint density at radius 2 is 1.48 bits per heavy atom. The van der Waals surface area contributed by atoms with Crippen molar-refractivity contribution >= 4 is 29.6 Å². The summed E-state index contributed by atoms with van der Waals surface area (Å²) >= 11 is 0. The van der Waals surface area contributed by atoms with E-state index in [-0.39, 0.29) is 45.4 Å². The second kappa shape index (κ2) is 13.1. The highest BCUT2D eigenvalue weighted by molar-refractivity contribution is 5.89. The maximum atomic E-state index is 11.4. The van der Waals surface area contributed by atoms with E-state index >= 15 is 0 Å². The highest BCUT2D eigenvalue weighted by atomic mass is 16.7. The van der Waals surface area contributed by atoms with Gasteiger partial charge in [0.2, 0.25) is 5.91 Å². The fourth-order valence-electron chi connectivity index (χ4n) is 2.37. The molecule has 0 atom stereocenters. The van der Waals surface area contributed by atoms with Gasteiger partial charge >= 0.3 is 12.3 Å². The van der Waals surface area contributed by atoms with Gasteiger partial charge in [-0.1, -0.05) is 0 Å². The summed E-state index contributed by atoms with van der Waals surface area (Å²) in [6, 6.07) is 5.12. The van der Waals surface area contributed by atoms with Crippen molar-refractivity contribution < 1.29 is 38.1 Å². The SMILES string of the molecule is CCOC(=O)OCCN(CCOC(=O)OCC)c1cc(NC(C)=O)ccc1OC. The highest BCUT2D eigenvalue weighted by Crippen LogP contribution is 2.31. The predicted molar refractivity (Wildman–Crippen MR) is 105 cm³/mol. The van der Waals surface area contributed by atoms with E-state index in [0.29, 0.717) is 17.1 Å². The largest absolute Gasteiger partial charge is 0.508 e. The van der Waals surface area contributed by atoms with Gasteiger partial charge in [0, 0.05) is 12.6 Å². The zero-order valence-corrected chi connectivity index (χ0v) is 17.2. The van der Waals surface area contributed by atoms with Crippen molar-refractivity contribution in [2.75, 3.05) is 56.8 Å². The molecule has 0 heterocycles. The van der Waals surface area contributed by atoms with Gasteiger partial charge in [0.05, 0.1) is 39.1 Å². The maximum Gasteiger partial charge on any atom is 0.508 e. The molecule has 0 aromatic heterocycles. The van der Waals surface area contributed by atoms with Gasteiger partial charge in [-0.05, 0) is 32.0 Å². The Morgan fingerprint density at radius 3 is 1.93 bits per heavy atom. The lowest BCUT2D eigenvalue weighted by Crippen LogP contribution is -2.32. The van der Waals surface area contributed by atoms with Crippen molar-refractivity contribution in [2.45, 2.75) is 20.8 Å². The van der Waals surface area contributed by atoms with Crippen molar-refractivity contribution in [3.63, 3.8) is 0 Å². The van der Waals surface area contributed by atoms with Crippen LogP contribution in [-0.2, 0) is 23.7 Å². The van der Waals surface area contributed by atoms with E-state index in [2.05, 4.69) is 5.32 Å². The first-order valence-corrected chi connectivity index (χ1v) is 9.20. The summed E-state index contributed by atoms with van der Waals surface area (Å²) < 4.78 is 24.9. The van der Waals surface area contributed by atoms with Crippen molar-refractivity contribution in [1.82, 2.24) is 0 Å². The predicted octanol–water partition coefficient (Wildman–Crippen LogP) is 2.81. The number of nitrogens with zero attached hydrogens (tertiary/aromatic N) is 1. The smallest absolute Gasteiger partial charge is 0.495 e. The highest BCUT2D eigenvalue weighted by Gasteiger charge is 2.16. The number of methoxy groups -OCH3 is 1. The van der Waals surface area contributed by atoms with E-state index in [4.69, 9.17) is 23.7 Å². The summed E-state index contributed by atoms with van der Waals surface area (Å²) in [7, 11) is 1.51. The van der Waals surface area contributed by atoms with Crippen molar-refractivity contribution in [1.29, 1.82) is 0 Å². The van der Waals surface area contributed by atoms with Crippen LogP contribution >= 0.6 is 0 Å². The summed E-state index contributed by atoms with van der Waals surface area (Å²) in [5, 5.41) is 2.70. The number of ether oxygens (including phenoxy) is 5. The topological polar surface area (TPSA) is 113 Å². The molecule has 1 aromatic carbocycles. The summed E-state index contributed by atoms with van der Waals surface area (Å²) in [6.45, 7) is 5.79. The van der Waals surface area contributed by atoms with Crippen molar-refractivity contribution in [3.05, 3.63) is 18.2 Å². The zero-order valence-electron chi connectivity index (χ0n) is 17.2. The molecule has 0 radical (unpaired) electrons. The summed E-state index contributed by atoms with van der Waals surface area (Å²) in [4.78, 5) is 36.0. The van der Waals surface area contributed by atoms with Gasteiger partial charge in [-0.3, -0.25) is 4.79 Å². The molecule has 0 bridgehead atoms. The van der Waals surface area contributed by atoms with Crippen LogP contribution in [-0.4, -0.2) is 64.8 Å². The molecule has 0 aliphatic rings. The number of carbonyl (C=O) groups excluding carboxylic acids is 3. The first-order chi connectivity index (χ1) is 13.9. The molecular formula is C19H28N2O8. The number of nitrogens with one attached hydrogen (secondary N) is 1. The molecule has 0 fully saturated rings. The molecule has 10 heteroatoms. The summed E-state index contributed by atoms with van der Waals surface area (Å²) in [6.07, 6.45) is -1.54. The number of benzene rings is 1. The molecule has 0 aliphatic heterocycles. The Morgan fingerprint density at radius 1 is 0.931 bits per heavy atom. The minimum atomic E-state index is -0.769. The molecule has 0 saturated carbocycles. The van der Waals surface area contributed by atoms with E-state index < -0.39 is 12.3 Å². The van der Waals surface area contributed by atoms with Gasteiger partial charge in [-0.15, -0.1) is 0 Å². The second-order valence-electron chi connectivity index (χ2n) is 5.62. The second-order valence-corrected chi connectivity index (χ2v) is 5.62. The third-order valence-electron chi connectivity index (χ3n) is 3.53. The van der Waals surface area contributed by atoms with Crippen LogP contribution in [0.15, 0.2) is 18.2 Å². The van der Waals surface area contributed by atoms with E-state index in [0.717, 1.165) is 0 Å². The van der Waals surface area contributed by atoms with Gasteiger partial charge in [0.1, 0.15) is 19.0 Å². The lowest BCUT2D eigenvalue weighted by atomic mass is 10.2. The first-order valence-electron chi connectivity index (χ1n) is 9.20. The number of hydrogen-bond donors (Lipinski definition) is 1. The van der Waals surface area contributed by atoms with E-state index in [1.807, 2.05) is 0 Å². The average Bonchev–Trinajstić information content (AvgIpc) is 2.66. The van der Waals surface area contributed by atoms with E-state index in [9.17, 15) is 14.4 Å². The summed E-state index contributed by atoms with van der Waals surface area (Å²) in [5.74, 6) is 0.315. The maximum absolute atomic E-state index is 11.4. The molecule has 29 heavy (non-hydrogen) atoms. The molecular weight excluding hydrogens is 384 g/mol. The van der Waals surface area contributed by atoms with E-state index in [1.165, 1.54) is 14.0 Å². The molecule has 1 N–H and O–H groups in total. The van der Waals surface area contributed by atoms with Crippen molar-refractivity contribution in [2.24, 2.45) is 0 Å². The normalized spacial score (nSPS) is 9.93. The minimum absolute atomic E-state index is 0.0335.